The number of hydrogen-bond acceptors (Lipinski definition) is 9. The Hall–Kier alpha value is -4.90. The van der Waals surface area contributed by atoms with E-state index in [1.807, 2.05) is 53.2 Å². The molecule has 3 heterocycles. The number of aromatic amines is 1. The second kappa shape index (κ2) is 12.5. The lowest BCUT2D eigenvalue weighted by molar-refractivity contribution is 0.160. The molecule has 11 nitrogen and oxygen atoms in total. The molecular weight excluding hydrogens is 548 g/mol. The number of ether oxygens (including phenoxy) is 4. The molecule has 11 heteroatoms. The molecule has 0 spiro atoms. The van der Waals surface area contributed by atoms with Crippen LogP contribution in [-0.2, 0) is 26.1 Å². The van der Waals surface area contributed by atoms with Crippen molar-refractivity contribution in [1.82, 2.24) is 30.1 Å². The maximum absolute atomic E-state index is 13.4. The van der Waals surface area contributed by atoms with E-state index in [1.54, 1.807) is 20.3 Å². The van der Waals surface area contributed by atoms with Crippen LogP contribution in [0.15, 0.2) is 71.5 Å². The molecule has 2 aromatic heterocycles. The molecule has 0 unspecified atom stereocenters. The summed E-state index contributed by atoms with van der Waals surface area (Å²) in [5.41, 5.74) is 3.35. The summed E-state index contributed by atoms with van der Waals surface area (Å²) >= 11 is 0. The van der Waals surface area contributed by atoms with Crippen LogP contribution in [0, 0.1) is 0 Å². The Morgan fingerprint density at radius 2 is 1.74 bits per heavy atom. The van der Waals surface area contributed by atoms with Gasteiger partial charge in [0.25, 0.3) is 5.56 Å². The van der Waals surface area contributed by atoms with E-state index in [0.29, 0.717) is 48.0 Å². The van der Waals surface area contributed by atoms with Gasteiger partial charge in [0.2, 0.25) is 6.79 Å². The number of fused-ring (bicyclic) bond motifs is 2. The SMILES string of the molecule is CC[C@H](c1nnnn1CCc1ccccc1)N(Cc1ccc2c(c1)OCO2)Cc1cc2cc(OC)c(OC)cc2[nH]c1=O. The minimum atomic E-state index is -0.172. The number of aryl methyl sites for hydroxylation is 2. The second-order valence-corrected chi connectivity index (χ2v) is 10.4. The fraction of sp³-hybridized carbons (Fsp3) is 0.312. The van der Waals surface area contributed by atoms with Crippen molar-refractivity contribution < 1.29 is 18.9 Å². The largest absolute Gasteiger partial charge is 0.493 e. The Morgan fingerprint density at radius 1 is 0.953 bits per heavy atom. The minimum Gasteiger partial charge on any atom is -0.493 e. The van der Waals surface area contributed by atoms with Gasteiger partial charge >= 0.3 is 0 Å². The molecule has 1 aliphatic heterocycles. The topological polar surface area (TPSA) is 117 Å². The lowest BCUT2D eigenvalue weighted by Gasteiger charge is -2.30. The third kappa shape index (κ3) is 6.02. The Balaban J connectivity index is 1.35. The Bertz CT molecular complexity index is 1770. The Morgan fingerprint density at radius 3 is 2.53 bits per heavy atom. The molecule has 0 amide bonds. The van der Waals surface area contributed by atoms with Gasteiger partial charge in [0.1, 0.15) is 0 Å². The van der Waals surface area contributed by atoms with E-state index in [-0.39, 0.29) is 18.4 Å². The number of rotatable bonds is 12. The van der Waals surface area contributed by atoms with Crippen molar-refractivity contribution in [3.05, 3.63) is 99.6 Å². The lowest BCUT2D eigenvalue weighted by atomic mass is 10.1. The first-order valence-corrected chi connectivity index (χ1v) is 14.3. The first-order valence-electron chi connectivity index (χ1n) is 14.3. The number of benzene rings is 3. The van der Waals surface area contributed by atoms with Crippen molar-refractivity contribution in [3.8, 4) is 23.0 Å². The number of pyridine rings is 1. The third-order valence-electron chi connectivity index (χ3n) is 7.76. The molecule has 3 aromatic carbocycles. The molecule has 0 radical (unpaired) electrons. The van der Waals surface area contributed by atoms with Crippen LogP contribution >= 0.6 is 0 Å². The average Bonchev–Trinajstić information content (AvgIpc) is 3.70. The van der Waals surface area contributed by atoms with Gasteiger partial charge in [-0.2, -0.15) is 0 Å². The van der Waals surface area contributed by atoms with E-state index >= 15 is 0 Å². The summed E-state index contributed by atoms with van der Waals surface area (Å²) in [4.78, 5) is 18.7. The summed E-state index contributed by atoms with van der Waals surface area (Å²) in [6.45, 7) is 3.84. The highest BCUT2D eigenvalue weighted by Crippen LogP contribution is 2.35. The lowest BCUT2D eigenvalue weighted by Crippen LogP contribution is -2.32. The number of hydrogen-bond donors (Lipinski definition) is 1. The van der Waals surface area contributed by atoms with Crippen LogP contribution in [0.25, 0.3) is 10.9 Å². The third-order valence-corrected chi connectivity index (χ3v) is 7.76. The minimum absolute atomic E-state index is 0.170. The number of methoxy groups -OCH3 is 2. The number of nitrogens with zero attached hydrogens (tertiary/aromatic N) is 5. The second-order valence-electron chi connectivity index (χ2n) is 10.4. The zero-order valence-electron chi connectivity index (χ0n) is 24.4. The van der Waals surface area contributed by atoms with Gasteiger partial charge in [-0.3, -0.25) is 9.69 Å². The van der Waals surface area contributed by atoms with E-state index in [0.717, 1.165) is 35.4 Å². The standard InChI is InChI=1S/C32H34N6O5/c1-4-26(31-34-35-36-38(31)13-12-21-8-6-5-7-9-21)37(18-22-10-11-27-30(14-22)43-20-42-27)19-24-15-23-16-28(40-2)29(41-3)17-25(23)33-32(24)39/h5-11,14-17,26H,4,12-13,18-20H2,1-3H3,(H,33,39)/t26-/m1/s1. The fourth-order valence-electron chi connectivity index (χ4n) is 5.56. The van der Waals surface area contributed by atoms with Crippen molar-refractivity contribution in [3.63, 3.8) is 0 Å². The predicted octanol–water partition coefficient (Wildman–Crippen LogP) is 4.66. The average molecular weight is 583 g/mol. The van der Waals surface area contributed by atoms with Crippen LogP contribution in [0.1, 0.15) is 41.9 Å². The molecule has 0 fully saturated rings. The molecule has 1 aliphatic rings. The van der Waals surface area contributed by atoms with Crippen molar-refractivity contribution in [2.45, 2.75) is 45.4 Å². The van der Waals surface area contributed by atoms with Gasteiger partial charge in [-0.15, -0.1) is 5.10 Å². The molecule has 1 atom stereocenters. The molecule has 0 saturated carbocycles. The van der Waals surface area contributed by atoms with Crippen LogP contribution in [-0.4, -0.2) is 51.1 Å². The maximum Gasteiger partial charge on any atom is 0.252 e. The summed E-state index contributed by atoms with van der Waals surface area (Å²) in [5.74, 6) is 3.33. The summed E-state index contributed by atoms with van der Waals surface area (Å²) in [6, 6.07) is 21.6. The Labute approximate surface area is 249 Å². The van der Waals surface area contributed by atoms with Gasteiger partial charge in [-0.05, 0) is 58.7 Å². The number of H-pyrrole nitrogens is 1. The van der Waals surface area contributed by atoms with Gasteiger partial charge < -0.3 is 23.9 Å². The van der Waals surface area contributed by atoms with Gasteiger partial charge in [-0.1, -0.05) is 43.3 Å². The van der Waals surface area contributed by atoms with Gasteiger partial charge in [0, 0.05) is 36.7 Å². The Kier molecular flexibility index (Phi) is 8.23. The van der Waals surface area contributed by atoms with Gasteiger partial charge in [-0.25, -0.2) is 4.68 Å². The zero-order valence-corrected chi connectivity index (χ0v) is 24.4. The summed E-state index contributed by atoms with van der Waals surface area (Å²) < 4.78 is 24.0. The van der Waals surface area contributed by atoms with Crippen LogP contribution in [0.5, 0.6) is 23.0 Å². The van der Waals surface area contributed by atoms with Crippen molar-refractivity contribution in [2.24, 2.45) is 0 Å². The molecule has 0 bridgehead atoms. The van der Waals surface area contributed by atoms with Crippen molar-refractivity contribution in [1.29, 1.82) is 0 Å². The van der Waals surface area contributed by atoms with Crippen LogP contribution < -0.4 is 24.5 Å². The summed E-state index contributed by atoms with van der Waals surface area (Å²) in [6.07, 6.45) is 1.53. The van der Waals surface area contributed by atoms with Crippen LogP contribution in [0.3, 0.4) is 0 Å². The first-order chi connectivity index (χ1) is 21.1. The molecule has 0 aliphatic carbocycles. The number of aromatic nitrogens is 5. The smallest absolute Gasteiger partial charge is 0.252 e. The number of tetrazole rings is 1. The van der Waals surface area contributed by atoms with E-state index in [9.17, 15) is 4.79 Å². The van der Waals surface area contributed by atoms with Gasteiger partial charge in [0.05, 0.1) is 25.8 Å². The highest BCUT2D eigenvalue weighted by molar-refractivity contribution is 5.83. The quantitative estimate of drug-likeness (QED) is 0.224. The molecule has 1 N–H and O–H groups in total. The van der Waals surface area contributed by atoms with E-state index in [1.165, 1.54) is 5.56 Å². The summed E-state index contributed by atoms with van der Waals surface area (Å²) in [5, 5.41) is 13.7. The number of nitrogens with one attached hydrogen (secondary N) is 1. The fourth-order valence-corrected chi connectivity index (χ4v) is 5.56. The normalized spacial score (nSPS) is 13.0. The zero-order chi connectivity index (χ0) is 29.8. The predicted molar refractivity (Wildman–Crippen MR) is 160 cm³/mol. The molecule has 5 aromatic rings. The monoisotopic (exact) mass is 582 g/mol. The van der Waals surface area contributed by atoms with Crippen LogP contribution in [0.2, 0.25) is 0 Å². The van der Waals surface area contributed by atoms with Crippen molar-refractivity contribution >= 4 is 10.9 Å². The van der Waals surface area contributed by atoms with Crippen molar-refractivity contribution in [2.75, 3.05) is 21.0 Å². The molecule has 222 valence electrons. The van der Waals surface area contributed by atoms with Gasteiger partial charge in [0.15, 0.2) is 28.8 Å². The van der Waals surface area contributed by atoms with E-state index < -0.39 is 0 Å². The highest BCUT2D eigenvalue weighted by Gasteiger charge is 2.27. The van der Waals surface area contributed by atoms with E-state index in [4.69, 9.17) is 18.9 Å². The first kappa shape index (κ1) is 28.2. The van der Waals surface area contributed by atoms with Crippen LogP contribution in [0.4, 0.5) is 0 Å². The molecule has 6 rings (SSSR count). The summed E-state index contributed by atoms with van der Waals surface area (Å²) in [7, 11) is 3.17. The molecule has 43 heavy (non-hydrogen) atoms. The highest BCUT2D eigenvalue weighted by atomic mass is 16.7. The maximum atomic E-state index is 13.4. The molecule has 0 saturated heterocycles. The van der Waals surface area contributed by atoms with E-state index in [2.05, 4.69) is 44.5 Å². The molecular formula is C32H34N6O5.